The molecule has 20 heavy (non-hydrogen) atoms. The van der Waals surface area contributed by atoms with Crippen LogP contribution in [0.1, 0.15) is 26.3 Å². The molecule has 0 atom stereocenters. The molecule has 4 rings (SSSR count). The number of benzene rings is 3. The summed E-state index contributed by atoms with van der Waals surface area (Å²) in [6, 6.07) is 20.2. The summed E-state index contributed by atoms with van der Waals surface area (Å²) in [7, 11) is 0. The number of rotatable bonds is 0. The number of fused-ring (bicyclic) bond motifs is 3. The van der Waals surface area contributed by atoms with Crippen LogP contribution in [0.15, 0.2) is 54.6 Å². The lowest BCUT2D eigenvalue weighted by Gasteiger charge is -2.20. The van der Waals surface area contributed by atoms with Crippen LogP contribution in [0.4, 0.5) is 0 Å². The predicted molar refractivity (Wildman–Crippen MR) is 87.1 cm³/mol. The molecule has 0 nitrogen and oxygen atoms in total. The first kappa shape index (κ1) is 11.7. The second kappa shape index (κ2) is 3.73. The molecule has 98 valence electrons. The van der Waals surface area contributed by atoms with Gasteiger partial charge in [-0.05, 0) is 50.1 Å². The molecule has 0 aliphatic heterocycles. The van der Waals surface area contributed by atoms with Crippen molar-refractivity contribution >= 4 is 10.8 Å². The summed E-state index contributed by atoms with van der Waals surface area (Å²) in [5.74, 6) is 0. The number of hydrogen-bond donors (Lipinski definition) is 0. The van der Waals surface area contributed by atoms with Crippen LogP contribution < -0.4 is 0 Å². The van der Waals surface area contributed by atoms with Crippen molar-refractivity contribution < 1.29 is 0 Å². The Bertz CT molecular complexity index is 827. The quantitative estimate of drug-likeness (QED) is 0.375. The summed E-state index contributed by atoms with van der Waals surface area (Å²) in [6.07, 6.45) is 0. The Morgan fingerprint density at radius 3 is 1.95 bits per heavy atom. The summed E-state index contributed by atoms with van der Waals surface area (Å²) in [5.41, 5.74) is 7.14. The zero-order valence-electron chi connectivity index (χ0n) is 12.2. The predicted octanol–water partition coefficient (Wildman–Crippen LogP) is 5.78. The molecular formula is C20H18. The van der Waals surface area contributed by atoms with Gasteiger partial charge in [0.2, 0.25) is 0 Å². The third-order valence-electron chi connectivity index (χ3n) is 4.37. The van der Waals surface area contributed by atoms with Crippen molar-refractivity contribution in [2.24, 2.45) is 0 Å². The Morgan fingerprint density at radius 2 is 1.30 bits per heavy atom. The van der Waals surface area contributed by atoms with E-state index in [4.69, 9.17) is 0 Å². The second-order valence-electron chi connectivity index (χ2n) is 6.72. The molecule has 0 spiro atoms. The lowest BCUT2D eigenvalue weighted by Crippen LogP contribution is -2.10. The molecule has 0 fully saturated rings. The Labute approximate surface area is 120 Å². The largest absolute Gasteiger partial charge is 0.0610 e. The van der Waals surface area contributed by atoms with Crippen LogP contribution in [0, 0.1) is 0 Å². The standard InChI is InChI=1S/C20H18/c1-20(2,3)14-10-11-15-16-8-4-6-13-7-5-9-17(19(13)16)18(15)12-14/h4-12H,1-3H3. The molecule has 1 aliphatic carbocycles. The van der Waals surface area contributed by atoms with Gasteiger partial charge in [0.1, 0.15) is 0 Å². The Hall–Kier alpha value is -2.08. The van der Waals surface area contributed by atoms with Crippen molar-refractivity contribution in [2.45, 2.75) is 26.2 Å². The van der Waals surface area contributed by atoms with E-state index in [1.807, 2.05) is 0 Å². The summed E-state index contributed by atoms with van der Waals surface area (Å²) in [6.45, 7) is 6.83. The van der Waals surface area contributed by atoms with E-state index >= 15 is 0 Å². The fraction of sp³-hybridized carbons (Fsp3) is 0.200. The lowest BCUT2D eigenvalue weighted by molar-refractivity contribution is 0.590. The summed E-state index contributed by atoms with van der Waals surface area (Å²) < 4.78 is 0. The average molecular weight is 258 g/mol. The van der Waals surface area contributed by atoms with Crippen LogP contribution in [0.25, 0.3) is 33.0 Å². The molecular weight excluding hydrogens is 240 g/mol. The van der Waals surface area contributed by atoms with Gasteiger partial charge in [0.15, 0.2) is 0 Å². The maximum atomic E-state index is 2.38. The fourth-order valence-corrected chi connectivity index (χ4v) is 3.26. The minimum Gasteiger partial charge on any atom is -0.0610 e. The van der Waals surface area contributed by atoms with E-state index < -0.39 is 0 Å². The SMILES string of the molecule is CC(C)(C)c1ccc2c(c1)-c1cccc3cccc-2c13. The van der Waals surface area contributed by atoms with E-state index in [0.29, 0.717) is 0 Å². The molecule has 3 aromatic rings. The summed E-state index contributed by atoms with van der Waals surface area (Å²) in [4.78, 5) is 0. The lowest BCUT2D eigenvalue weighted by atomic mass is 9.85. The fourth-order valence-electron chi connectivity index (χ4n) is 3.26. The minimum atomic E-state index is 0.192. The van der Waals surface area contributed by atoms with E-state index in [1.165, 1.54) is 38.6 Å². The van der Waals surface area contributed by atoms with E-state index in [2.05, 4.69) is 75.4 Å². The van der Waals surface area contributed by atoms with E-state index in [9.17, 15) is 0 Å². The highest BCUT2D eigenvalue weighted by Crippen LogP contribution is 2.47. The van der Waals surface area contributed by atoms with Gasteiger partial charge in [-0.15, -0.1) is 0 Å². The van der Waals surface area contributed by atoms with Gasteiger partial charge in [-0.1, -0.05) is 69.3 Å². The molecule has 0 amide bonds. The van der Waals surface area contributed by atoms with Crippen LogP contribution in [0.5, 0.6) is 0 Å². The van der Waals surface area contributed by atoms with Gasteiger partial charge in [0.05, 0.1) is 0 Å². The molecule has 0 saturated heterocycles. The number of hydrogen-bond acceptors (Lipinski definition) is 0. The molecule has 0 aromatic heterocycles. The third kappa shape index (κ3) is 1.48. The van der Waals surface area contributed by atoms with Crippen LogP contribution in [0.3, 0.4) is 0 Å². The van der Waals surface area contributed by atoms with Gasteiger partial charge < -0.3 is 0 Å². The van der Waals surface area contributed by atoms with Crippen molar-refractivity contribution in [3.8, 4) is 22.3 Å². The normalized spacial score (nSPS) is 12.8. The first-order valence-electron chi connectivity index (χ1n) is 7.23. The smallest absolute Gasteiger partial charge is 0.00264 e. The zero-order valence-corrected chi connectivity index (χ0v) is 12.2. The van der Waals surface area contributed by atoms with Crippen molar-refractivity contribution in [1.29, 1.82) is 0 Å². The third-order valence-corrected chi connectivity index (χ3v) is 4.37. The summed E-state index contributed by atoms with van der Waals surface area (Å²) >= 11 is 0. The van der Waals surface area contributed by atoms with Gasteiger partial charge in [-0.2, -0.15) is 0 Å². The Morgan fingerprint density at radius 1 is 0.650 bits per heavy atom. The maximum Gasteiger partial charge on any atom is -0.00264 e. The first-order chi connectivity index (χ1) is 9.55. The summed E-state index contributed by atoms with van der Waals surface area (Å²) in [5, 5.41) is 2.75. The van der Waals surface area contributed by atoms with Crippen LogP contribution in [0.2, 0.25) is 0 Å². The van der Waals surface area contributed by atoms with Crippen molar-refractivity contribution in [3.05, 3.63) is 60.2 Å². The highest BCUT2D eigenvalue weighted by atomic mass is 14.3. The topological polar surface area (TPSA) is 0 Å². The van der Waals surface area contributed by atoms with Crippen molar-refractivity contribution in [3.63, 3.8) is 0 Å². The average Bonchev–Trinajstić information content (AvgIpc) is 2.75. The molecule has 0 unspecified atom stereocenters. The van der Waals surface area contributed by atoms with Crippen LogP contribution in [-0.4, -0.2) is 0 Å². The van der Waals surface area contributed by atoms with Gasteiger partial charge in [0.25, 0.3) is 0 Å². The molecule has 0 radical (unpaired) electrons. The highest BCUT2D eigenvalue weighted by molar-refractivity contribution is 6.15. The van der Waals surface area contributed by atoms with Gasteiger partial charge in [-0.25, -0.2) is 0 Å². The molecule has 0 saturated carbocycles. The van der Waals surface area contributed by atoms with Crippen molar-refractivity contribution in [2.75, 3.05) is 0 Å². The second-order valence-corrected chi connectivity index (χ2v) is 6.72. The van der Waals surface area contributed by atoms with Gasteiger partial charge >= 0.3 is 0 Å². The molecule has 0 N–H and O–H groups in total. The molecule has 1 aliphatic rings. The van der Waals surface area contributed by atoms with Crippen LogP contribution >= 0.6 is 0 Å². The van der Waals surface area contributed by atoms with Crippen molar-refractivity contribution in [1.82, 2.24) is 0 Å². The molecule has 0 heterocycles. The van der Waals surface area contributed by atoms with E-state index in [-0.39, 0.29) is 5.41 Å². The minimum absolute atomic E-state index is 0.192. The van der Waals surface area contributed by atoms with E-state index in [0.717, 1.165) is 0 Å². The monoisotopic (exact) mass is 258 g/mol. The Kier molecular flexibility index (Phi) is 2.18. The maximum absolute atomic E-state index is 2.38. The Balaban J connectivity index is 2.09. The molecule has 0 bridgehead atoms. The highest BCUT2D eigenvalue weighted by Gasteiger charge is 2.23. The first-order valence-corrected chi connectivity index (χ1v) is 7.23. The molecule has 0 heteroatoms. The zero-order chi connectivity index (χ0) is 13.9. The van der Waals surface area contributed by atoms with Gasteiger partial charge in [-0.3, -0.25) is 0 Å². The molecule has 3 aromatic carbocycles. The van der Waals surface area contributed by atoms with E-state index in [1.54, 1.807) is 0 Å². The van der Waals surface area contributed by atoms with Gasteiger partial charge in [0, 0.05) is 0 Å². The van der Waals surface area contributed by atoms with Crippen LogP contribution in [-0.2, 0) is 5.41 Å².